The van der Waals surface area contributed by atoms with Crippen LogP contribution < -0.4 is 14.4 Å². The molecular formula is C22H19ClN6O5. The molecule has 2 aliphatic heterocycles. The third kappa shape index (κ3) is 3.73. The number of nitrogens with zero attached hydrogens (tertiary/aromatic N) is 6. The molecule has 2 atom stereocenters. The Bertz CT molecular complexity index is 1290. The highest BCUT2D eigenvalue weighted by atomic mass is 35.5. The fourth-order valence-corrected chi connectivity index (χ4v) is 4.06. The number of fused-ring (bicyclic) bond motifs is 1. The van der Waals surface area contributed by atoms with Gasteiger partial charge in [-0.05, 0) is 43.3 Å². The summed E-state index contributed by atoms with van der Waals surface area (Å²) in [6.45, 7) is 2.40. The Hall–Kier alpha value is -3.99. The molecule has 3 aromatic rings. The van der Waals surface area contributed by atoms with Gasteiger partial charge in [-0.15, -0.1) is 0 Å². The lowest BCUT2D eigenvalue weighted by Crippen LogP contribution is -2.39. The summed E-state index contributed by atoms with van der Waals surface area (Å²) < 4.78 is 16.3. The third-order valence-electron chi connectivity index (χ3n) is 5.41. The standard InChI is InChI=1S/C22H19ClN6O5/c1-3-33-15-8-7-12(9-16(15)32-2)20-24-17(34-26-20)11-28-19-18(25-27-28)21(30)29(22(19)31)14-6-4-5-13(23)10-14/h4-10,18-19H,3,11H2,1-2H3/t18-,19+/m0/s1. The van der Waals surface area contributed by atoms with Crippen molar-refractivity contribution in [2.75, 3.05) is 18.6 Å². The van der Waals surface area contributed by atoms with E-state index in [2.05, 4.69) is 20.5 Å². The number of rotatable bonds is 7. The van der Waals surface area contributed by atoms with Gasteiger partial charge in [0.25, 0.3) is 11.8 Å². The molecule has 0 spiro atoms. The zero-order chi connectivity index (χ0) is 23.8. The lowest BCUT2D eigenvalue weighted by Gasteiger charge is -2.19. The van der Waals surface area contributed by atoms with Gasteiger partial charge in [0, 0.05) is 10.6 Å². The lowest BCUT2D eigenvalue weighted by atomic mass is 10.1. The predicted molar refractivity (Wildman–Crippen MR) is 119 cm³/mol. The largest absolute Gasteiger partial charge is 0.493 e. The van der Waals surface area contributed by atoms with E-state index in [1.54, 1.807) is 49.6 Å². The molecule has 0 unspecified atom stereocenters. The maximum atomic E-state index is 13.1. The molecule has 1 fully saturated rings. The van der Waals surface area contributed by atoms with Crippen LogP contribution in [0.25, 0.3) is 11.4 Å². The number of hydrogen-bond donors (Lipinski definition) is 0. The molecule has 0 aliphatic carbocycles. The van der Waals surface area contributed by atoms with Gasteiger partial charge in [0.2, 0.25) is 11.7 Å². The summed E-state index contributed by atoms with van der Waals surface area (Å²) in [5.41, 5.74) is 1.05. The highest BCUT2D eigenvalue weighted by Crippen LogP contribution is 2.34. The quantitative estimate of drug-likeness (QED) is 0.470. The van der Waals surface area contributed by atoms with Crippen molar-refractivity contribution in [1.29, 1.82) is 0 Å². The molecule has 34 heavy (non-hydrogen) atoms. The number of halogens is 1. The highest BCUT2D eigenvalue weighted by Gasteiger charge is 2.55. The zero-order valence-electron chi connectivity index (χ0n) is 18.2. The first-order valence-corrected chi connectivity index (χ1v) is 10.8. The van der Waals surface area contributed by atoms with Crippen LogP contribution >= 0.6 is 11.6 Å². The topological polar surface area (TPSA) is 123 Å². The van der Waals surface area contributed by atoms with Gasteiger partial charge in [-0.25, -0.2) is 4.90 Å². The van der Waals surface area contributed by atoms with Gasteiger partial charge in [-0.1, -0.05) is 28.0 Å². The molecule has 2 aromatic carbocycles. The second-order valence-corrected chi connectivity index (χ2v) is 7.93. The van der Waals surface area contributed by atoms with Crippen LogP contribution in [0.15, 0.2) is 57.3 Å². The predicted octanol–water partition coefficient (Wildman–Crippen LogP) is 3.29. The maximum absolute atomic E-state index is 13.1. The first kappa shape index (κ1) is 21.8. The summed E-state index contributed by atoms with van der Waals surface area (Å²) in [7, 11) is 1.55. The third-order valence-corrected chi connectivity index (χ3v) is 5.65. The van der Waals surface area contributed by atoms with Crippen LogP contribution in [-0.4, -0.2) is 52.8 Å². The van der Waals surface area contributed by atoms with E-state index in [0.29, 0.717) is 40.2 Å². The van der Waals surface area contributed by atoms with Crippen molar-refractivity contribution in [2.24, 2.45) is 10.3 Å². The number of amides is 2. The number of imide groups is 1. The van der Waals surface area contributed by atoms with Crippen LogP contribution in [0.5, 0.6) is 11.5 Å². The Morgan fingerprint density at radius 3 is 2.74 bits per heavy atom. The van der Waals surface area contributed by atoms with E-state index in [9.17, 15) is 9.59 Å². The molecule has 174 valence electrons. The summed E-state index contributed by atoms with van der Waals surface area (Å²) in [5.74, 6) is 0.782. The monoisotopic (exact) mass is 482 g/mol. The average molecular weight is 483 g/mol. The van der Waals surface area contributed by atoms with Crippen LogP contribution in [0.2, 0.25) is 5.02 Å². The van der Waals surface area contributed by atoms with E-state index in [1.807, 2.05) is 6.92 Å². The first-order valence-electron chi connectivity index (χ1n) is 10.4. The summed E-state index contributed by atoms with van der Waals surface area (Å²) in [6, 6.07) is 9.98. The van der Waals surface area contributed by atoms with Crippen molar-refractivity contribution in [3.63, 3.8) is 0 Å². The molecule has 5 rings (SSSR count). The second kappa shape index (κ2) is 8.75. The fourth-order valence-electron chi connectivity index (χ4n) is 3.88. The van der Waals surface area contributed by atoms with Crippen molar-refractivity contribution in [1.82, 2.24) is 15.1 Å². The van der Waals surface area contributed by atoms with E-state index in [1.165, 1.54) is 5.01 Å². The number of carbonyl (C=O) groups excluding carboxylic acids is 2. The van der Waals surface area contributed by atoms with Crippen molar-refractivity contribution in [3.05, 3.63) is 53.4 Å². The maximum Gasteiger partial charge on any atom is 0.263 e. The van der Waals surface area contributed by atoms with Gasteiger partial charge >= 0.3 is 0 Å². The van der Waals surface area contributed by atoms with Crippen LogP contribution in [0, 0.1) is 0 Å². The summed E-state index contributed by atoms with van der Waals surface area (Å²) >= 11 is 6.03. The highest BCUT2D eigenvalue weighted by molar-refractivity contribution is 6.31. The molecule has 11 nitrogen and oxygen atoms in total. The lowest BCUT2D eigenvalue weighted by molar-refractivity contribution is -0.123. The smallest absolute Gasteiger partial charge is 0.263 e. The number of anilines is 1. The number of aromatic nitrogens is 2. The van der Waals surface area contributed by atoms with E-state index < -0.39 is 23.9 Å². The molecule has 3 heterocycles. The van der Waals surface area contributed by atoms with Crippen LogP contribution in [0.1, 0.15) is 12.8 Å². The molecule has 1 saturated heterocycles. The van der Waals surface area contributed by atoms with Gasteiger partial charge in [-0.2, -0.15) is 10.1 Å². The number of hydrogen-bond acceptors (Lipinski definition) is 10. The van der Waals surface area contributed by atoms with Gasteiger partial charge in [0.05, 0.1) is 19.4 Å². The van der Waals surface area contributed by atoms with E-state index in [0.717, 1.165) is 4.90 Å². The van der Waals surface area contributed by atoms with Crippen molar-refractivity contribution < 1.29 is 23.6 Å². The summed E-state index contributed by atoms with van der Waals surface area (Å²) in [4.78, 5) is 31.4. The second-order valence-electron chi connectivity index (χ2n) is 7.49. The van der Waals surface area contributed by atoms with Gasteiger partial charge in [0.15, 0.2) is 23.6 Å². The Kier molecular flexibility index (Phi) is 5.62. The zero-order valence-corrected chi connectivity index (χ0v) is 19.0. The van der Waals surface area contributed by atoms with Crippen LogP contribution in [0.3, 0.4) is 0 Å². The van der Waals surface area contributed by atoms with Gasteiger partial charge in [-0.3, -0.25) is 14.6 Å². The fraction of sp³-hybridized carbons (Fsp3) is 0.273. The number of benzene rings is 2. The Balaban J connectivity index is 1.34. The Labute approximate surface area is 198 Å². The molecule has 2 amide bonds. The minimum atomic E-state index is -0.941. The molecule has 0 bridgehead atoms. The molecule has 12 heteroatoms. The summed E-state index contributed by atoms with van der Waals surface area (Å²) in [6.07, 6.45) is 0. The Morgan fingerprint density at radius 2 is 1.97 bits per heavy atom. The SMILES string of the molecule is CCOc1ccc(-c2noc(CN3N=N[C@@H]4C(=O)N(c5cccc(Cl)c5)C(=O)[C@@H]43)n2)cc1OC. The van der Waals surface area contributed by atoms with Crippen molar-refractivity contribution in [3.8, 4) is 22.9 Å². The molecule has 0 saturated carbocycles. The molecule has 0 radical (unpaired) electrons. The minimum Gasteiger partial charge on any atom is -0.493 e. The van der Waals surface area contributed by atoms with E-state index in [-0.39, 0.29) is 12.4 Å². The number of carbonyl (C=O) groups is 2. The normalized spacial score (nSPS) is 19.1. The van der Waals surface area contributed by atoms with Crippen molar-refractivity contribution >= 4 is 29.1 Å². The average Bonchev–Trinajstić information content (AvgIpc) is 3.52. The molecule has 1 aromatic heterocycles. The van der Waals surface area contributed by atoms with Crippen LogP contribution in [-0.2, 0) is 16.1 Å². The van der Waals surface area contributed by atoms with E-state index >= 15 is 0 Å². The Morgan fingerprint density at radius 1 is 1.12 bits per heavy atom. The number of ether oxygens (including phenoxy) is 2. The minimum absolute atomic E-state index is 0.00817. The molecule has 2 aliphatic rings. The number of methoxy groups -OCH3 is 1. The summed E-state index contributed by atoms with van der Waals surface area (Å²) in [5, 5.41) is 13.8. The van der Waals surface area contributed by atoms with Gasteiger partial charge < -0.3 is 14.0 Å². The molecule has 0 N–H and O–H groups in total. The van der Waals surface area contributed by atoms with Crippen molar-refractivity contribution in [2.45, 2.75) is 25.6 Å². The van der Waals surface area contributed by atoms with E-state index in [4.69, 9.17) is 25.6 Å². The van der Waals surface area contributed by atoms with Gasteiger partial charge in [0.1, 0.15) is 6.54 Å². The first-order chi connectivity index (χ1) is 16.5. The molecular weight excluding hydrogens is 464 g/mol. The van der Waals surface area contributed by atoms with Crippen LogP contribution in [0.4, 0.5) is 5.69 Å².